The van der Waals surface area contributed by atoms with Gasteiger partial charge in [-0.1, -0.05) is 18.2 Å². The number of carbonyl (C=O) groups is 2. The number of ether oxygens (including phenoxy) is 2. The number of amides is 2. The number of carbonyl (C=O) groups excluding carboxylic acids is 2. The minimum Gasteiger partial charge on any atom is -0.457 e. The largest absolute Gasteiger partial charge is 0.457 e. The summed E-state index contributed by atoms with van der Waals surface area (Å²) in [5, 5.41) is 12.3. The van der Waals surface area contributed by atoms with Crippen molar-refractivity contribution in [3.05, 3.63) is 77.6 Å². The zero-order chi connectivity index (χ0) is 33.8. The van der Waals surface area contributed by atoms with Crippen LogP contribution in [0.3, 0.4) is 0 Å². The summed E-state index contributed by atoms with van der Waals surface area (Å²) in [5.41, 5.74) is -1.23. The lowest BCUT2D eigenvalue weighted by atomic mass is 10.0. The first-order valence-electron chi connectivity index (χ1n) is 15.0. The van der Waals surface area contributed by atoms with Crippen molar-refractivity contribution in [3.8, 4) is 22.1 Å². The van der Waals surface area contributed by atoms with E-state index in [4.69, 9.17) is 9.47 Å². The summed E-state index contributed by atoms with van der Waals surface area (Å²) in [6, 6.07) is 12.2. The van der Waals surface area contributed by atoms with Gasteiger partial charge in [-0.25, -0.2) is 9.78 Å². The Bertz CT molecular complexity index is 1700. The number of nitrogens with zero attached hydrogens (tertiary/aromatic N) is 5. The predicted octanol–water partition coefficient (Wildman–Crippen LogP) is 7.89. The molecule has 0 radical (unpaired) electrons. The van der Waals surface area contributed by atoms with Gasteiger partial charge in [0.2, 0.25) is 0 Å². The van der Waals surface area contributed by atoms with Crippen molar-refractivity contribution < 1.29 is 32.2 Å². The first kappa shape index (κ1) is 33.6. The average Bonchev–Trinajstić information content (AvgIpc) is 3.70. The normalized spacial score (nSPS) is 15.0. The van der Waals surface area contributed by atoms with Crippen molar-refractivity contribution in [2.75, 3.05) is 30.4 Å². The highest BCUT2D eigenvalue weighted by Gasteiger charge is 2.43. The lowest BCUT2D eigenvalue weighted by Crippen LogP contribution is -2.38. The fourth-order valence-corrected chi connectivity index (χ4v) is 6.06. The van der Waals surface area contributed by atoms with Crippen LogP contribution >= 0.6 is 11.3 Å². The topological polar surface area (TPSA) is 110 Å². The van der Waals surface area contributed by atoms with Crippen molar-refractivity contribution in [1.29, 1.82) is 0 Å². The molecule has 1 N–H and O–H groups in total. The lowest BCUT2D eigenvalue weighted by Gasteiger charge is -2.33. The Morgan fingerprint density at radius 3 is 2.53 bits per heavy atom. The van der Waals surface area contributed by atoms with E-state index in [2.05, 4.69) is 20.5 Å². The number of aromatic nitrogens is 3. The van der Waals surface area contributed by atoms with Crippen molar-refractivity contribution in [1.82, 2.24) is 20.1 Å². The van der Waals surface area contributed by atoms with E-state index in [1.165, 1.54) is 46.1 Å². The monoisotopic (exact) mass is 668 g/mol. The van der Waals surface area contributed by atoms with Crippen LogP contribution < -0.4 is 15.0 Å². The summed E-state index contributed by atoms with van der Waals surface area (Å²) >= 11 is 1.20. The van der Waals surface area contributed by atoms with Gasteiger partial charge in [-0.2, -0.15) is 23.4 Å². The Hall–Kier alpha value is -4.72. The molecule has 0 saturated carbocycles. The molecule has 1 atom stereocenters. The molecule has 5 rings (SSSR count). The molecule has 10 nitrogen and oxygen atoms in total. The molecule has 0 unspecified atom stereocenters. The quantitative estimate of drug-likeness (QED) is 0.192. The number of thiazole rings is 1. The van der Waals surface area contributed by atoms with Crippen molar-refractivity contribution >= 4 is 34.7 Å². The summed E-state index contributed by atoms with van der Waals surface area (Å²) in [4.78, 5) is 33.5. The molecule has 2 aromatic carbocycles. The molecular weight excluding hydrogens is 633 g/mol. The van der Waals surface area contributed by atoms with Crippen LogP contribution in [0, 0.1) is 0 Å². The molecule has 4 aromatic rings. The molecule has 14 heteroatoms. The van der Waals surface area contributed by atoms with Crippen LogP contribution in [-0.4, -0.2) is 63.9 Å². The second kappa shape index (κ2) is 14.0. The number of rotatable bonds is 9. The number of hydrogen-bond donors (Lipinski definition) is 1. The van der Waals surface area contributed by atoms with Gasteiger partial charge in [0.25, 0.3) is 5.91 Å². The van der Waals surface area contributed by atoms with Crippen LogP contribution in [0.1, 0.15) is 56.1 Å². The van der Waals surface area contributed by atoms with E-state index in [1.807, 2.05) is 0 Å². The molecule has 1 aliphatic rings. The average molecular weight is 669 g/mol. The van der Waals surface area contributed by atoms with Gasteiger partial charge < -0.3 is 24.6 Å². The highest BCUT2D eigenvalue weighted by Crippen LogP contribution is 2.49. The van der Waals surface area contributed by atoms with Crippen LogP contribution in [0.25, 0.3) is 10.6 Å². The van der Waals surface area contributed by atoms with E-state index in [-0.39, 0.29) is 35.4 Å². The molecule has 0 aliphatic carbocycles. The summed E-state index contributed by atoms with van der Waals surface area (Å²) < 4.78 is 56.5. The van der Waals surface area contributed by atoms with Crippen LogP contribution in [0.4, 0.5) is 29.3 Å². The smallest absolute Gasteiger partial charge is 0.422 e. The van der Waals surface area contributed by atoms with E-state index >= 15 is 13.2 Å². The van der Waals surface area contributed by atoms with Gasteiger partial charge in [0.1, 0.15) is 33.4 Å². The minimum atomic E-state index is -4.84. The summed E-state index contributed by atoms with van der Waals surface area (Å²) in [7, 11) is 1.60. The highest BCUT2D eigenvalue weighted by atomic mass is 32.1. The fraction of sp³-hybridized carbons (Fsp3) is 0.364. The standard InChI is InChI=1S/C33H35F3N6O4S/c1-32(2,3)46-31(44)41(4)18-15-22-9-8-17-42(22)28-24(39-29(43)25-20-47-30(40-25)21-14-16-37-38-19-21)12-13-26(27(28)33(34,35)36)45-23-10-6-5-7-11-23/h5-7,10-14,16,19-20,22H,8-9,15,17-18H2,1-4H3,(H,39,43)/t22-/m1/s1. The molecular formula is C33H35F3N6O4S. The SMILES string of the molecule is CN(CC[C@H]1CCCN1c1c(NC(=O)c2csc(-c3ccnnc3)n2)ccc(Oc2ccccc2)c1C(F)(F)F)C(=O)OC(C)(C)C. The van der Waals surface area contributed by atoms with Crippen LogP contribution in [0.2, 0.25) is 0 Å². The van der Waals surface area contributed by atoms with Crippen LogP contribution in [0.15, 0.2) is 66.3 Å². The summed E-state index contributed by atoms with van der Waals surface area (Å²) in [6.07, 6.45) is -0.778. The molecule has 248 valence electrons. The molecule has 1 aliphatic heterocycles. The van der Waals surface area contributed by atoms with Crippen molar-refractivity contribution in [3.63, 3.8) is 0 Å². The number of nitrogens with one attached hydrogen (secondary N) is 1. The van der Waals surface area contributed by atoms with Crippen molar-refractivity contribution in [2.24, 2.45) is 0 Å². The maximum absolute atomic E-state index is 15.1. The third kappa shape index (κ3) is 8.36. The van der Waals surface area contributed by atoms with E-state index in [9.17, 15) is 9.59 Å². The number of halogens is 3. The number of alkyl halides is 3. The first-order valence-corrected chi connectivity index (χ1v) is 15.9. The Balaban J connectivity index is 1.50. The molecule has 0 bridgehead atoms. The number of anilines is 2. The fourth-order valence-electron chi connectivity index (χ4n) is 5.26. The maximum Gasteiger partial charge on any atom is 0.422 e. The van der Waals surface area contributed by atoms with E-state index < -0.39 is 35.1 Å². The Morgan fingerprint density at radius 1 is 1.09 bits per heavy atom. The van der Waals surface area contributed by atoms with Gasteiger partial charge in [-0.15, -0.1) is 11.3 Å². The van der Waals surface area contributed by atoms with E-state index in [0.29, 0.717) is 36.4 Å². The van der Waals surface area contributed by atoms with Gasteiger partial charge in [0.15, 0.2) is 0 Å². The second-order valence-corrected chi connectivity index (χ2v) is 12.9. The van der Waals surface area contributed by atoms with Crippen LogP contribution in [-0.2, 0) is 10.9 Å². The minimum absolute atomic E-state index is 0.0322. The number of benzene rings is 2. The third-order valence-corrected chi connectivity index (χ3v) is 8.27. The maximum atomic E-state index is 15.1. The number of para-hydroxylation sites is 1. The molecule has 1 fully saturated rings. The first-order chi connectivity index (χ1) is 22.3. The molecule has 1 saturated heterocycles. The summed E-state index contributed by atoms with van der Waals surface area (Å²) in [5.74, 6) is -0.825. The predicted molar refractivity (Wildman–Crippen MR) is 173 cm³/mol. The van der Waals surface area contributed by atoms with Crippen LogP contribution in [0.5, 0.6) is 11.5 Å². The molecule has 2 aromatic heterocycles. The summed E-state index contributed by atoms with van der Waals surface area (Å²) in [6.45, 7) is 5.85. The van der Waals surface area contributed by atoms with Gasteiger partial charge in [-0.05, 0) is 70.4 Å². The Morgan fingerprint density at radius 2 is 1.85 bits per heavy atom. The molecule has 47 heavy (non-hydrogen) atoms. The highest BCUT2D eigenvalue weighted by molar-refractivity contribution is 7.13. The third-order valence-electron chi connectivity index (χ3n) is 7.38. The van der Waals surface area contributed by atoms with E-state index in [1.54, 1.807) is 69.1 Å². The Labute approximate surface area is 274 Å². The molecule has 3 heterocycles. The zero-order valence-electron chi connectivity index (χ0n) is 26.4. The number of hydrogen-bond acceptors (Lipinski definition) is 9. The zero-order valence-corrected chi connectivity index (χ0v) is 27.2. The Kier molecular flexibility index (Phi) is 9.99. The van der Waals surface area contributed by atoms with Gasteiger partial charge >= 0.3 is 12.3 Å². The molecule has 2 amide bonds. The van der Waals surface area contributed by atoms with Gasteiger partial charge in [-0.3, -0.25) is 4.79 Å². The lowest BCUT2D eigenvalue weighted by molar-refractivity contribution is -0.138. The van der Waals surface area contributed by atoms with Gasteiger partial charge in [0.05, 0.1) is 23.8 Å². The van der Waals surface area contributed by atoms with Gasteiger partial charge in [0, 0.05) is 37.1 Å². The second-order valence-electron chi connectivity index (χ2n) is 12.1. The van der Waals surface area contributed by atoms with Crippen molar-refractivity contribution in [2.45, 2.75) is 57.9 Å². The van der Waals surface area contributed by atoms with E-state index in [0.717, 1.165) is 0 Å². The molecule has 0 spiro atoms.